The van der Waals surface area contributed by atoms with E-state index in [2.05, 4.69) is 34.7 Å². The highest BCUT2D eigenvalue weighted by atomic mass is 32.1. The molecule has 1 heterocycles. The number of hydrogen-bond acceptors (Lipinski definition) is 4. The monoisotopic (exact) mass is 351 g/mol. The minimum absolute atomic E-state index is 0.110. The van der Waals surface area contributed by atoms with Crippen LogP contribution in [0.4, 0.5) is 11.4 Å². The number of anilines is 2. The molecule has 3 rings (SSSR count). The van der Waals surface area contributed by atoms with Crippen molar-refractivity contribution < 1.29 is 4.79 Å². The van der Waals surface area contributed by atoms with Crippen LogP contribution in [-0.4, -0.2) is 10.9 Å². The molecule has 2 N–H and O–H groups in total. The Kier molecular flexibility index (Phi) is 5.14. The zero-order chi connectivity index (χ0) is 17.8. The molecule has 128 valence electrons. The van der Waals surface area contributed by atoms with Gasteiger partial charge in [-0.1, -0.05) is 30.3 Å². The average Bonchev–Trinajstić information content (AvgIpc) is 2.96. The lowest BCUT2D eigenvalue weighted by molar-refractivity contribution is 0.103. The lowest BCUT2D eigenvalue weighted by atomic mass is 10.1. The molecule has 3 aromatic rings. The Balaban J connectivity index is 1.64. The van der Waals surface area contributed by atoms with Crippen molar-refractivity contribution in [1.82, 2.24) is 4.98 Å². The SMILES string of the molecule is Cc1nc(C)c(C(=O)Nc2ccc(NC(C)c3ccccc3)cc2)s1. The number of amides is 1. The van der Waals surface area contributed by atoms with E-state index in [9.17, 15) is 4.79 Å². The molecule has 2 aromatic carbocycles. The van der Waals surface area contributed by atoms with Crippen LogP contribution in [0.5, 0.6) is 0 Å². The van der Waals surface area contributed by atoms with Crippen LogP contribution in [0.1, 0.15) is 38.9 Å². The zero-order valence-corrected chi connectivity index (χ0v) is 15.4. The fourth-order valence-corrected chi connectivity index (χ4v) is 3.47. The molecule has 1 atom stereocenters. The molecule has 0 aliphatic heterocycles. The van der Waals surface area contributed by atoms with Crippen molar-refractivity contribution in [2.24, 2.45) is 0 Å². The summed E-state index contributed by atoms with van der Waals surface area (Å²) in [5.41, 5.74) is 3.79. The van der Waals surface area contributed by atoms with E-state index in [0.29, 0.717) is 4.88 Å². The molecule has 0 spiro atoms. The van der Waals surface area contributed by atoms with E-state index in [1.807, 2.05) is 56.3 Å². The van der Waals surface area contributed by atoms with Crippen molar-refractivity contribution in [2.45, 2.75) is 26.8 Å². The highest BCUT2D eigenvalue weighted by Gasteiger charge is 2.14. The maximum atomic E-state index is 12.3. The summed E-state index contributed by atoms with van der Waals surface area (Å²) in [7, 11) is 0. The Morgan fingerprint density at radius 3 is 2.24 bits per heavy atom. The first-order valence-electron chi connectivity index (χ1n) is 8.20. The van der Waals surface area contributed by atoms with Crippen molar-refractivity contribution in [3.63, 3.8) is 0 Å². The summed E-state index contributed by atoms with van der Waals surface area (Å²) in [6, 6.07) is 18.3. The van der Waals surface area contributed by atoms with E-state index in [1.54, 1.807) is 0 Å². The number of benzene rings is 2. The van der Waals surface area contributed by atoms with Crippen molar-refractivity contribution in [3.05, 3.63) is 75.7 Å². The average molecular weight is 351 g/mol. The summed E-state index contributed by atoms with van der Waals surface area (Å²) in [6.07, 6.45) is 0. The molecule has 4 nitrogen and oxygen atoms in total. The molecular weight excluding hydrogens is 330 g/mol. The second-order valence-corrected chi connectivity index (χ2v) is 7.16. The van der Waals surface area contributed by atoms with Gasteiger partial charge in [0.25, 0.3) is 5.91 Å². The molecule has 0 aliphatic rings. The minimum Gasteiger partial charge on any atom is -0.379 e. The lowest BCUT2D eigenvalue weighted by Crippen LogP contribution is -2.11. The Bertz CT molecular complexity index is 856. The van der Waals surface area contributed by atoms with Crippen LogP contribution in [0.15, 0.2) is 54.6 Å². The number of carbonyl (C=O) groups excluding carboxylic acids is 1. The lowest BCUT2D eigenvalue weighted by Gasteiger charge is -2.16. The highest BCUT2D eigenvalue weighted by Crippen LogP contribution is 2.22. The van der Waals surface area contributed by atoms with E-state index < -0.39 is 0 Å². The van der Waals surface area contributed by atoms with Gasteiger partial charge >= 0.3 is 0 Å². The molecule has 0 fully saturated rings. The van der Waals surface area contributed by atoms with Gasteiger partial charge in [-0.3, -0.25) is 4.79 Å². The first-order valence-corrected chi connectivity index (χ1v) is 9.01. The first kappa shape index (κ1) is 17.2. The predicted molar refractivity (Wildman–Crippen MR) is 104 cm³/mol. The van der Waals surface area contributed by atoms with Crippen LogP contribution in [0.25, 0.3) is 0 Å². The van der Waals surface area contributed by atoms with Gasteiger partial charge in [0, 0.05) is 17.4 Å². The molecule has 1 unspecified atom stereocenters. The van der Waals surface area contributed by atoms with Crippen LogP contribution in [0.3, 0.4) is 0 Å². The maximum Gasteiger partial charge on any atom is 0.267 e. The number of thiazole rings is 1. The Labute approximate surface area is 151 Å². The molecule has 0 saturated heterocycles. The number of aromatic nitrogens is 1. The third kappa shape index (κ3) is 4.25. The van der Waals surface area contributed by atoms with Gasteiger partial charge in [-0.2, -0.15) is 0 Å². The number of carbonyl (C=O) groups is 1. The number of nitrogens with zero attached hydrogens (tertiary/aromatic N) is 1. The fourth-order valence-electron chi connectivity index (χ4n) is 2.65. The number of rotatable bonds is 5. The van der Waals surface area contributed by atoms with Gasteiger partial charge in [0.05, 0.1) is 10.7 Å². The van der Waals surface area contributed by atoms with Gasteiger partial charge < -0.3 is 10.6 Å². The second kappa shape index (κ2) is 7.49. The zero-order valence-electron chi connectivity index (χ0n) is 14.5. The van der Waals surface area contributed by atoms with Crippen molar-refractivity contribution >= 4 is 28.6 Å². The van der Waals surface area contributed by atoms with Gasteiger partial charge in [-0.25, -0.2) is 4.98 Å². The van der Waals surface area contributed by atoms with Crippen LogP contribution in [-0.2, 0) is 0 Å². The molecule has 1 amide bonds. The molecule has 25 heavy (non-hydrogen) atoms. The molecule has 1 aromatic heterocycles. The van der Waals surface area contributed by atoms with E-state index in [4.69, 9.17) is 0 Å². The van der Waals surface area contributed by atoms with Gasteiger partial charge in [-0.15, -0.1) is 11.3 Å². The van der Waals surface area contributed by atoms with Crippen LogP contribution in [0.2, 0.25) is 0 Å². The van der Waals surface area contributed by atoms with Crippen LogP contribution in [0, 0.1) is 13.8 Å². The number of hydrogen-bond donors (Lipinski definition) is 2. The van der Waals surface area contributed by atoms with Gasteiger partial charge in [0.15, 0.2) is 0 Å². The predicted octanol–water partition coefficient (Wildman–Crippen LogP) is 5.19. The van der Waals surface area contributed by atoms with E-state index in [0.717, 1.165) is 22.1 Å². The Morgan fingerprint density at radius 1 is 1.00 bits per heavy atom. The quantitative estimate of drug-likeness (QED) is 0.665. The number of nitrogens with one attached hydrogen (secondary N) is 2. The van der Waals surface area contributed by atoms with Crippen LogP contribution < -0.4 is 10.6 Å². The Hall–Kier alpha value is -2.66. The Morgan fingerprint density at radius 2 is 1.64 bits per heavy atom. The molecule has 0 radical (unpaired) electrons. The van der Waals surface area contributed by atoms with E-state index in [1.165, 1.54) is 16.9 Å². The topological polar surface area (TPSA) is 54.0 Å². The third-order valence-corrected chi connectivity index (χ3v) is 5.01. The summed E-state index contributed by atoms with van der Waals surface area (Å²) in [5, 5.41) is 7.29. The molecule has 0 aliphatic carbocycles. The van der Waals surface area contributed by atoms with Crippen LogP contribution >= 0.6 is 11.3 Å². The molecule has 0 saturated carbocycles. The van der Waals surface area contributed by atoms with Gasteiger partial charge in [0.1, 0.15) is 4.88 Å². The first-order chi connectivity index (χ1) is 12.0. The molecule has 5 heteroatoms. The summed E-state index contributed by atoms with van der Waals surface area (Å²) in [4.78, 5) is 17.3. The minimum atomic E-state index is -0.110. The normalized spacial score (nSPS) is 11.8. The largest absolute Gasteiger partial charge is 0.379 e. The summed E-state index contributed by atoms with van der Waals surface area (Å²) >= 11 is 1.42. The van der Waals surface area contributed by atoms with E-state index >= 15 is 0 Å². The van der Waals surface area contributed by atoms with Crippen molar-refractivity contribution in [1.29, 1.82) is 0 Å². The summed E-state index contributed by atoms with van der Waals surface area (Å²) < 4.78 is 0. The number of aryl methyl sites for hydroxylation is 2. The standard InChI is InChI=1S/C20H21N3OS/c1-13(16-7-5-4-6-8-16)22-17-9-11-18(12-10-17)23-20(24)19-14(2)21-15(3)25-19/h4-13,22H,1-3H3,(H,23,24). The molecular formula is C20H21N3OS. The van der Waals surface area contributed by atoms with Crippen molar-refractivity contribution in [2.75, 3.05) is 10.6 Å². The summed E-state index contributed by atoms with van der Waals surface area (Å²) in [5.74, 6) is -0.110. The van der Waals surface area contributed by atoms with Gasteiger partial charge in [0.2, 0.25) is 0 Å². The van der Waals surface area contributed by atoms with E-state index in [-0.39, 0.29) is 11.9 Å². The maximum absolute atomic E-state index is 12.3. The fraction of sp³-hybridized carbons (Fsp3) is 0.200. The summed E-state index contributed by atoms with van der Waals surface area (Å²) in [6.45, 7) is 5.89. The second-order valence-electron chi connectivity index (χ2n) is 5.96. The van der Waals surface area contributed by atoms with Crippen molar-refractivity contribution in [3.8, 4) is 0 Å². The van der Waals surface area contributed by atoms with Gasteiger partial charge in [-0.05, 0) is 50.6 Å². The highest BCUT2D eigenvalue weighted by molar-refractivity contribution is 7.13. The third-order valence-electron chi connectivity index (χ3n) is 3.94. The molecule has 0 bridgehead atoms. The smallest absolute Gasteiger partial charge is 0.267 e.